The van der Waals surface area contributed by atoms with Gasteiger partial charge in [0.25, 0.3) is 0 Å². The molecule has 1 aliphatic carbocycles. The molecule has 2 atom stereocenters. The van der Waals surface area contributed by atoms with E-state index in [4.69, 9.17) is 5.73 Å². The Morgan fingerprint density at radius 3 is 2.29 bits per heavy atom. The molecule has 1 saturated carbocycles. The first-order valence-corrected chi connectivity index (χ1v) is 5.86. The van der Waals surface area contributed by atoms with Crippen molar-refractivity contribution in [2.24, 2.45) is 11.1 Å². The number of hydrogen-bond acceptors (Lipinski definition) is 2. The lowest BCUT2D eigenvalue weighted by Crippen LogP contribution is -2.50. The number of nitrogens with zero attached hydrogens (tertiary/aromatic N) is 1. The van der Waals surface area contributed by atoms with Crippen LogP contribution in [-0.4, -0.2) is 30.6 Å². The summed E-state index contributed by atoms with van der Waals surface area (Å²) in [4.78, 5) is 2.46. The van der Waals surface area contributed by atoms with Crippen molar-refractivity contribution in [3.05, 3.63) is 0 Å². The van der Waals surface area contributed by atoms with Gasteiger partial charge in [-0.25, -0.2) is 0 Å². The summed E-state index contributed by atoms with van der Waals surface area (Å²) < 4.78 is 0. The highest BCUT2D eigenvalue weighted by molar-refractivity contribution is 4.85. The van der Waals surface area contributed by atoms with Crippen LogP contribution in [-0.2, 0) is 0 Å². The van der Waals surface area contributed by atoms with Gasteiger partial charge in [0.15, 0.2) is 0 Å². The Morgan fingerprint density at radius 1 is 1.21 bits per heavy atom. The smallest absolute Gasteiger partial charge is 0.0244 e. The molecule has 0 radical (unpaired) electrons. The molecule has 84 valence electrons. The van der Waals surface area contributed by atoms with Crippen molar-refractivity contribution in [1.82, 2.24) is 4.90 Å². The summed E-state index contributed by atoms with van der Waals surface area (Å²) in [5.41, 5.74) is 6.54. The van der Waals surface area contributed by atoms with Crippen molar-refractivity contribution in [2.75, 3.05) is 13.6 Å². The molecule has 2 nitrogen and oxygen atoms in total. The van der Waals surface area contributed by atoms with Crippen molar-refractivity contribution in [3.63, 3.8) is 0 Å². The number of hydrogen-bond donors (Lipinski definition) is 1. The minimum absolute atomic E-state index is 0.381. The summed E-state index contributed by atoms with van der Waals surface area (Å²) in [5.74, 6) is 0. The van der Waals surface area contributed by atoms with Gasteiger partial charge < -0.3 is 10.6 Å². The van der Waals surface area contributed by atoms with Gasteiger partial charge in [-0.1, -0.05) is 33.6 Å². The minimum Gasteiger partial charge on any atom is -0.326 e. The maximum absolute atomic E-state index is 6.16. The van der Waals surface area contributed by atoms with Crippen LogP contribution in [0.1, 0.15) is 46.5 Å². The Hall–Kier alpha value is -0.0800. The van der Waals surface area contributed by atoms with E-state index < -0.39 is 0 Å². The molecule has 0 bridgehead atoms. The average Bonchev–Trinajstić information content (AvgIpc) is 2.01. The standard InChI is InChI=1S/C12H26N2/c1-12(2,3)9-14(4)11-8-6-5-7-10(11)13/h10-11H,5-9,13H2,1-4H3. The molecule has 0 aromatic heterocycles. The number of likely N-dealkylation sites (N-methyl/N-ethyl adjacent to an activating group) is 1. The van der Waals surface area contributed by atoms with Crippen LogP contribution in [0.4, 0.5) is 0 Å². The van der Waals surface area contributed by atoms with Crippen molar-refractivity contribution in [3.8, 4) is 0 Å². The van der Waals surface area contributed by atoms with E-state index in [0.717, 1.165) is 6.54 Å². The predicted octanol–water partition coefficient (Wildman–Crippen LogP) is 2.23. The van der Waals surface area contributed by atoms with E-state index in [1.54, 1.807) is 0 Å². The topological polar surface area (TPSA) is 29.3 Å². The van der Waals surface area contributed by atoms with Gasteiger partial charge in [0.2, 0.25) is 0 Å². The lowest BCUT2D eigenvalue weighted by molar-refractivity contribution is 0.126. The maximum atomic E-state index is 6.16. The Morgan fingerprint density at radius 2 is 1.79 bits per heavy atom. The van der Waals surface area contributed by atoms with Crippen LogP contribution in [0.3, 0.4) is 0 Å². The van der Waals surface area contributed by atoms with E-state index in [1.165, 1.54) is 25.7 Å². The summed E-state index contributed by atoms with van der Waals surface area (Å²) in [6, 6.07) is 1.01. The van der Waals surface area contributed by atoms with E-state index in [2.05, 4.69) is 32.7 Å². The monoisotopic (exact) mass is 198 g/mol. The molecular formula is C12H26N2. The third-order valence-electron chi connectivity index (χ3n) is 3.07. The summed E-state index contributed by atoms with van der Waals surface area (Å²) >= 11 is 0. The van der Waals surface area contributed by atoms with Gasteiger partial charge in [-0.15, -0.1) is 0 Å². The van der Waals surface area contributed by atoms with Crippen LogP contribution in [0.15, 0.2) is 0 Å². The van der Waals surface area contributed by atoms with Crippen LogP contribution < -0.4 is 5.73 Å². The molecule has 0 aromatic carbocycles. The highest BCUT2D eigenvalue weighted by atomic mass is 15.2. The largest absolute Gasteiger partial charge is 0.326 e. The molecule has 1 rings (SSSR count). The highest BCUT2D eigenvalue weighted by Gasteiger charge is 2.27. The van der Waals surface area contributed by atoms with Gasteiger partial charge in [0, 0.05) is 18.6 Å². The van der Waals surface area contributed by atoms with E-state index in [1.807, 2.05) is 0 Å². The molecule has 2 heteroatoms. The fourth-order valence-corrected chi connectivity index (χ4v) is 2.55. The zero-order valence-corrected chi connectivity index (χ0v) is 10.2. The Bertz CT molecular complexity index is 172. The zero-order chi connectivity index (χ0) is 10.8. The zero-order valence-electron chi connectivity index (χ0n) is 10.2. The number of nitrogens with two attached hydrogens (primary N) is 1. The number of rotatable bonds is 2. The average molecular weight is 198 g/mol. The minimum atomic E-state index is 0.381. The van der Waals surface area contributed by atoms with Gasteiger partial charge >= 0.3 is 0 Å². The molecular weight excluding hydrogens is 172 g/mol. The molecule has 2 N–H and O–H groups in total. The first-order valence-electron chi connectivity index (χ1n) is 5.86. The third-order valence-corrected chi connectivity index (χ3v) is 3.07. The maximum Gasteiger partial charge on any atom is 0.0244 e. The highest BCUT2D eigenvalue weighted by Crippen LogP contribution is 2.24. The molecule has 1 aliphatic rings. The summed E-state index contributed by atoms with van der Waals surface area (Å²) in [5, 5.41) is 0. The predicted molar refractivity (Wildman–Crippen MR) is 62.3 cm³/mol. The molecule has 1 fully saturated rings. The van der Waals surface area contributed by atoms with Crippen molar-refractivity contribution >= 4 is 0 Å². The van der Waals surface area contributed by atoms with Crippen LogP contribution >= 0.6 is 0 Å². The van der Waals surface area contributed by atoms with E-state index >= 15 is 0 Å². The first-order chi connectivity index (χ1) is 6.40. The van der Waals surface area contributed by atoms with Gasteiger partial charge in [-0.2, -0.15) is 0 Å². The van der Waals surface area contributed by atoms with Crippen molar-refractivity contribution in [2.45, 2.75) is 58.5 Å². The molecule has 0 saturated heterocycles. The molecule has 0 spiro atoms. The second kappa shape index (κ2) is 4.63. The van der Waals surface area contributed by atoms with Crippen LogP contribution in [0.25, 0.3) is 0 Å². The van der Waals surface area contributed by atoms with E-state index in [9.17, 15) is 0 Å². The van der Waals surface area contributed by atoms with Crippen LogP contribution in [0, 0.1) is 5.41 Å². The SMILES string of the molecule is CN(CC(C)(C)C)C1CCCCC1N. The summed E-state index contributed by atoms with van der Waals surface area (Å²) in [7, 11) is 2.22. The molecule has 14 heavy (non-hydrogen) atoms. The molecule has 0 aliphatic heterocycles. The third kappa shape index (κ3) is 3.58. The summed E-state index contributed by atoms with van der Waals surface area (Å²) in [6.07, 6.45) is 5.17. The Labute approximate surface area is 88.8 Å². The first kappa shape index (κ1) is 12.0. The van der Waals surface area contributed by atoms with Crippen LogP contribution in [0.2, 0.25) is 0 Å². The Balaban J connectivity index is 2.46. The van der Waals surface area contributed by atoms with E-state index in [-0.39, 0.29) is 0 Å². The lowest BCUT2D eigenvalue weighted by Gasteiger charge is -2.39. The van der Waals surface area contributed by atoms with Gasteiger partial charge in [-0.05, 0) is 25.3 Å². The molecule has 2 unspecified atom stereocenters. The second-order valence-corrected chi connectivity index (χ2v) is 5.99. The molecule has 0 heterocycles. The molecule has 0 aromatic rings. The van der Waals surface area contributed by atoms with Crippen molar-refractivity contribution in [1.29, 1.82) is 0 Å². The Kier molecular flexibility index (Phi) is 3.96. The lowest BCUT2D eigenvalue weighted by atomic mass is 9.88. The fraction of sp³-hybridized carbons (Fsp3) is 1.00. The van der Waals surface area contributed by atoms with Crippen LogP contribution in [0.5, 0.6) is 0 Å². The van der Waals surface area contributed by atoms with Crippen molar-refractivity contribution < 1.29 is 0 Å². The van der Waals surface area contributed by atoms with Gasteiger partial charge in [0.1, 0.15) is 0 Å². The van der Waals surface area contributed by atoms with Gasteiger partial charge in [-0.3, -0.25) is 0 Å². The fourth-order valence-electron chi connectivity index (χ4n) is 2.55. The second-order valence-electron chi connectivity index (χ2n) is 5.99. The van der Waals surface area contributed by atoms with Gasteiger partial charge in [0.05, 0.1) is 0 Å². The quantitative estimate of drug-likeness (QED) is 0.737. The normalized spacial score (nSPS) is 29.6. The van der Waals surface area contributed by atoms with E-state index in [0.29, 0.717) is 17.5 Å². The molecule has 0 amide bonds. The summed E-state index contributed by atoms with van der Waals surface area (Å²) in [6.45, 7) is 8.01.